The Morgan fingerprint density at radius 3 is 2.64 bits per heavy atom. The quantitative estimate of drug-likeness (QED) is 0.298. The van der Waals surface area contributed by atoms with Gasteiger partial charge < -0.3 is 15.3 Å². The van der Waals surface area contributed by atoms with Crippen LogP contribution < -0.4 is 10.5 Å². The SMILES string of the molecule is N/C(=N\OC(=O)c1cccs1)c1nccnc1Oc1cccc(C(F)(F)F)c1. The Bertz CT molecular complexity index is 1010. The molecule has 0 aliphatic heterocycles. The third kappa shape index (κ3) is 4.62. The highest BCUT2D eigenvalue weighted by Gasteiger charge is 2.30. The molecular weight excluding hydrogens is 397 g/mol. The molecule has 3 rings (SSSR count). The highest BCUT2D eigenvalue weighted by molar-refractivity contribution is 7.11. The number of carbonyl (C=O) groups excluding carboxylic acids is 1. The van der Waals surface area contributed by atoms with E-state index in [9.17, 15) is 18.0 Å². The molecule has 2 heterocycles. The fourth-order valence-electron chi connectivity index (χ4n) is 2.00. The molecule has 1 aromatic carbocycles. The Labute approximate surface area is 160 Å². The number of ether oxygens (including phenoxy) is 1. The van der Waals surface area contributed by atoms with Gasteiger partial charge in [0.1, 0.15) is 10.6 Å². The molecule has 2 aromatic heterocycles. The van der Waals surface area contributed by atoms with E-state index in [1.165, 1.54) is 24.5 Å². The Morgan fingerprint density at radius 1 is 1.14 bits per heavy atom. The molecule has 2 N–H and O–H groups in total. The molecule has 0 fully saturated rings. The van der Waals surface area contributed by atoms with Gasteiger partial charge in [0.2, 0.25) is 5.88 Å². The minimum absolute atomic E-state index is 0.0982. The van der Waals surface area contributed by atoms with Crippen LogP contribution in [0.1, 0.15) is 20.9 Å². The number of hydrogen-bond acceptors (Lipinski definition) is 7. The number of amidine groups is 1. The summed E-state index contributed by atoms with van der Waals surface area (Å²) in [4.78, 5) is 24.7. The predicted molar refractivity (Wildman–Crippen MR) is 94.0 cm³/mol. The molecule has 144 valence electrons. The van der Waals surface area contributed by atoms with E-state index in [2.05, 4.69) is 15.1 Å². The van der Waals surface area contributed by atoms with Crippen LogP contribution in [0.4, 0.5) is 13.2 Å². The molecular formula is C17H11F3N4O3S. The maximum Gasteiger partial charge on any atom is 0.416 e. The van der Waals surface area contributed by atoms with Crippen LogP contribution in [0.15, 0.2) is 59.3 Å². The summed E-state index contributed by atoms with van der Waals surface area (Å²) in [5.41, 5.74) is 4.78. The molecule has 0 saturated carbocycles. The molecule has 11 heteroatoms. The summed E-state index contributed by atoms with van der Waals surface area (Å²) in [7, 11) is 0. The van der Waals surface area contributed by atoms with Gasteiger partial charge in [-0.05, 0) is 29.6 Å². The molecule has 0 amide bonds. The Kier molecular flexibility index (Phi) is 5.54. The van der Waals surface area contributed by atoms with Gasteiger partial charge in [-0.2, -0.15) is 13.2 Å². The largest absolute Gasteiger partial charge is 0.437 e. The van der Waals surface area contributed by atoms with Crippen molar-refractivity contribution >= 4 is 23.1 Å². The molecule has 0 radical (unpaired) electrons. The number of hydrogen-bond donors (Lipinski definition) is 1. The number of halogens is 3. The van der Waals surface area contributed by atoms with E-state index in [-0.39, 0.29) is 23.2 Å². The number of nitrogens with two attached hydrogens (primary N) is 1. The van der Waals surface area contributed by atoms with Gasteiger partial charge in [0, 0.05) is 12.4 Å². The second-order valence-electron chi connectivity index (χ2n) is 5.17. The van der Waals surface area contributed by atoms with Gasteiger partial charge in [-0.1, -0.05) is 17.3 Å². The van der Waals surface area contributed by atoms with Gasteiger partial charge in [-0.25, -0.2) is 14.8 Å². The summed E-state index contributed by atoms with van der Waals surface area (Å²) in [6.07, 6.45) is -1.99. The average Bonchev–Trinajstić information content (AvgIpc) is 3.21. The fraction of sp³-hybridized carbons (Fsp3) is 0.0588. The molecule has 0 spiro atoms. The van der Waals surface area contributed by atoms with Crippen molar-refractivity contribution < 1.29 is 27.5 Å². The zero-order valence-electron chi connectivity index (χ0n) is 13.9. The van der Waals surface area contributed by atoms with Crippen LogP contribution >= 0.6 is 11.3 Å². The van der Waals surface area contributed by atoms with Crippen molar-refractivity contribution in [1.29, 1.82) is 0 Å². The second kappa shape index (κ2) is 8.05. The van der Waals surface area contributed by atoms with Crippen LogP contribution in [-0.4, -0.2) is 21.8 Å². The maximum absolute atomic E-state index is 12.8. The minimum atomic E-state index is -4.53. The summed E-state index contributed by atoms with van der Waals surface area (Å²) in [6.45, 7) is 0. The molecule has 7 nitrogen and oxygen atoms in total. The molecule has 0 saturated heterocycles. The van der Waals surface area contributed by atoms with Crippen molar-refractivity contribution in [2.75, 3.05) is 0 Å². The van der Waals surface area contributed by atoms with E-state index >= 15 is 0 Å². The highest BCUT2D eigenvalue weighted by Crippen LogP contribution is 2.32. The number of alkyl halides is 3. The van der Waals surface area contributed by atoms with Gasteiger partial charge in [0.15, 0.2) is 11.5 Å². The Hall–Kier alpha value is -3.47. The molecule has 0 atom stereocenters. The number of aromatic nitrogens is 2. The minimum Gasteiger partial charge on any atom is -0.437 e. The lowest BCUT2D eigenvalue weighted by molar-refractivity contribution is -0.137. The summed E-state index contributed by atoms with van der Waals surface area (Å²) in [6, 6.07) is 7.43. The average molecular weight is 408 g/mol. The summed E-state index contributed by atoms with van der Waals surface area (Å²) >= 11 is 1.16. The Balaban J connectivity index is 1.81. The first-order valence-corrected chi connectivity index (χ1v) is 8.47. The maximum atomic E-state index is 12.8. The predicted octanol–water partition coefficient (Wildman–Crippen LogP) is 3.83. The zero-order valence-corrected chi connectivity index (χ0v) is 14.7. The second-order valence-corrected chi connectivity index (χ2v) is 6.12. The highest BCUT2D eigenvalue weighted by atomic mass is 32.1. The summed E-state index contributed by atoms with van der Waals surface area (Å²) in [5.74, 6) is -1.38. The lowest BCUT2D eigenvalue weighted by atomic mass is 10.2. The molecule has 0 aliphatic rings. The molecule has 28 heavy (non-hydrogen) atoms. The van der Waals surface area contributed by atoms with Crippen LogP contribution in [0.3, 0.4) is 0 Å². The van der Waals surface area contributed by atoms with E-state index in [4.69, 9.17) is 15.3 Å². The van der Waals surface area contributed by atoms with Crippen LogP contribution in [0, 0.1) is 0 Å². The number of carbonyl (C=O) groups is 1. The molecule has 0 unspecified atom stereocenters. The van der Waals surface area contributed by atoms with Crippen molar-refractivity contribution in [2.24, 2.45) is 10.9 Å². The third-order valence-corrected chi connectivity index (χ3v) is 4.08. The van der Waals surface area contributed by atoms with E-state index in [1.807, 2.05) is 0 Å². The topological polar surface area (TPSA) is 99.7 Å². The fourth-order valence-corrected chi connectivity index (χ4v) is 2.59. The molecule has 3 aromatic rings. The van der Waals surface area contributed by atoms with Crippen molar-refractivity contribution in [3.05, 3.63) is 70.3 Å². The van der Waals surface area contributed by atoms with Gasteiger partial charge >= 0.3 is 12.1 Å². The monoisotopic (exact) mass is 408 g/mol. The third-order valence-electron chi connectivity index (χ3n) is 3.23. The first-order valence-electron chi connectivity index (χ1n) is 7.59. The van der Waals surface area contributed by atoms with Gasteiger partial charge in [-0.15, -0.1) is 11.3 Å². The first kappa shape index (κ1) is 19.3. The van der Waals surface area contributed by atoms with Gasteiger partial charge in [0.25, 0.3) is 0 Å². The van der Waals surface area contributed by atoms with Crippen molar-refractivity contribution in [2.45, 2.75) is 6.18 Å². The zero-order chi connectivity index (χ0) is 20.1. The van der Waals surface area contributed by atoms with Gasteiger partial charge in [0.05, 0.1) is 5.56 Å². The number of thiophene rings is 1. The van der Waals surface area contributed by atoms with E-state index in [0.29, 0.717) is 4.88 Å². The molecule has 0 bridgehead atoms. The first-order chi connectivity index (χ1) is 13.3. The standard InChI is InChI=1S/C17H11F3N4O3S/c18-17(19,20)10-3-1-4-11(9-10)26-15-13(22-6-7-23-15)14(21)24-27-16(25)12-5-2-8-28-12/h1-9H,(H2,21,24). The number of benzene rings is 1. The van der Waals surface area contributed by atoms with Gasteiger partial charge in [-0.3, -0.25) is 0 Å². The normalized spacial score (nSPS) is 11.9. The lowest BCUT2D eigenvalue weighted by Crippen LogP contribution is -2.18. The number of nitrogens with zero attached hydrogens (tertiary/aromatic N) is 3. The van der Waals surface area contributed by atoms with E-state index < -0.39 is 17.7 Å². The van der Waals surface area contributed by atoms with E-state index in [0.717, 1.165) is 23.5 Å². The van der Waals surface area contributed by atoms with Crippen LogP contribution in [0.2, 0.25) is 0 Å². The smallest absolute Gasteiger partial charge is 0.416 e. The van der Waals surface area contributed by atoms with Crippen LogP contribution in [0.25, 0.3) is 0 Å². The lowest BCUT2D eigenvalue weighted by Gasteiger charge is -2.11. The van der Waals surface area contributed by atoms with Crippen LogP contribution in [-0.2, 0) is 11.0 Å². The van der Waals surface area contributed by atoms with Crippen molar-refractivity contribution in [1.82, 2.24) is 9.97 Å². The molecule has 0 aliphatic carbocycles. The van der Waals surface area contributed by atoms with Crippen LogP contribution in [0.5, 0.6) is 11.6 Å². The number of rotatable bonds is 5. The Morgan fingerprint density at radius 2 is 1.93 bits per heavy atom. The number of oxime groups is 1. The summed E-state index contributed by atoms with van der Waals surface area (Å²) < 4.78 is 43.9. The van der Waals surface area contributed by atoms with Crippen molar-refractivity contribution in [3.63, 3.8) is 0 Å². The van der Waals surface area contributed by atoms with Crippen molar-refractivity contribution in [3.8, 4) is 11.6 Å². The summed E-state index contributed by atoms with van der Waals surface area (Å²) in [5, 5.41) is 5.19. The van der Waals surface area contributed by atoms with E-state index in [1.54, 1.807) is 17.5 Å².